The molecule has 2 aliphatic heterocycles. The molecule has 0 saturated heterocycles. The Labute approximate surface area is 257 Å². The molecule has 0 fully saturated rings. The molecule has 16 heteroatoms. The van der Waals surface area contributed by atoms with Gasteiger partial charge in [0, 0.05) is 24.2 Å². The van der Waals surface area contributed by atoms with Crippen LogP contribution >= 0.6 is 0 Å². The maximum absolute atomic E-state index is 15.0. The minimum Gasteiger partial charge on any atom is -0.473 e. The number of hydrogen-bond acceptors (Lipinski definition) is 4. The molecule has 0 atom stereocenters. The standard InChI is InChI=1S/C31H18F12N2O2/c32-19-3-5-21(27(36)25(19)34)44-11-15-9-17(1-7-23(15)46-13-44)29(30(38,39)40,31(41,42)43)18-2-8-24-16(10-18)12-45(14-47-24)22-6-4-20(33)26(35)28(22)37/h1-10H,11-14H2. The number of hydrogen-bond donors (Lipinski definition) is 0. The Morgan fingerprint density at radius 3 is 1.23 bits per heavy atom. The highest BCUT2D eigenvalue weighted by Crippen LogP contribution is 2.57. The van der Waals surface area contributed by atoms with Crippen molar-refractivity contribution >= 4 is 11.4 Å². The fraction of sp³-hybridized carbons (Fsp3) is 0.226. The Morgan fingerprint density at radius 2 is 0.872 bits per heavy atom. The summed E-state index contributed by atoms with van der Waals surface area (Å²) in [7, 11) is 0. The van der Waals surface area contributed by atoms with Gasteiger partial charge in [-0.3, -0.25) is 0 Å². The zero-order valence-corrected chi connectivity index (χ0v) is 23.3. The van der Waals surface area contributed by atoms with Gasteiger partial charge >= 0.3 is 12.4 Å². The predicted molar refractivity (Wildman–Crippen MR) is 142 cm³/mol. The third kappa shape index (κ3) is 5.13. The first-order valence-corrected chi connectivity index (χ1v) is 13.5. The number of ether oxygens (including phenoxy) is 2. The quantitative estimate of drug-likeness (QED) is 0.160. The van der Waals surface area contributed by atoms with Crippen LogP contribution < -0.4 is 19.3 Å². The smallest absolute Gasteiger partial charge is 0.411 e. The van der Waals surface area contributed by atoms with E-state index in [2.05, 4.69) is 0 Å². The topological polar surface area (TPSA) is 24.9 Å². The molecule has 248 valence electrons. The van der Waals surface area contributed by atoms with E-state index in [0.29, 0.717) is 36.4 Å². The van der Waals surface area contributed by atoms with Gasteiger partial charge in [-0.15, -0.1) is 0 Å². The average Bonchev–Trinajstić information content (AvgIpc) is 3.01. The molecule has 4 aromatic carbocycles. The number of anilines is 2. The SMILES string of the molecule is Fc1ccc(N2COc3ccc(C(c4ccc5c(c4)CN(c4ccc(F)c(F)c4F)CO5)(C(F)(F)F)C(F)(F)F)cc3C2)c(F)c1F. The van der Waals surface area contributed by atoms with E-state index in [1.54, 1.807) is 0 Å². The van der Waals surface area contributed by atoms with Crippen LogP contribution in [0.1, 0.15) is 22.3 Å². The van der Waals surface area contributed by atoms with E-state index in [-0.39, 0.29) is 22.6 Å². The van der Waals surface area contributed by atoms with Crippen LogP contribution in [0.4, 0.5) is 64.1 Å². The lowest BCUT2D eigenvalue weighted by molar-refractivity contribution is -0.288. The van der Waals surface area contributed by atoms with Gasteiger partial charge in [-0.1, -0.05) is 12.1 Å². The molecule has 0 N–H and O–H groups in total. The van der Waals surface area contributed by atoms with Crippen LogP contribution in [0.25, 0.3) is 0 Å². The van der Waals surface area contributed by atoms with Gasteiger partial charge in [0.15, 0.2) is 48.4 Å². The number of alkyl halides is 6. The molecule has 2 aliphatic rings. The maximum Gasteiger partial charge on any atom is 0.411 e. The van der Waals surface area contributed by atoms with E-state index < -0.39 is 102 Å². The molecule has 0 bridgehead atoms. The Morgan fingerprint density at radius 1 is 0.489 bits per heavy atom. The number of halogens is 12. The highest BCUT2D eigenvalue weighted by Gasteiger charge is 2.72. The van der Waals surface area contributed by atoms with Gasteiger partial charge < -0.3 is 19.3 Å². The summed E-state index contributed by atoms with van der Waals surface area (Å²) in [5.74, 6) is -10.2. The van der Waals surface area contributed by atoms with E-state index >= 15 is 26.3 Å². The van der Waals surface area contributed by atoms with Crippen LogP contribution in [0.5, 0.6) is 11.5 Å². The van der Waals surface area contributed by atoms with Gasteiger partial charge in [-0.2, -0.15) is 26.3 Å². The van der Waals surface area contributed by atoms with Crippen LogP contribution in [0.15, 0.2) is 60.7 Å². The number of benzene rings is 4. The Balaban J connectivity index is 1.44. The van der Waals surface area contributed by atoms with Crippen LogP contribution in [-0.2, 0) is 18.5 Å². The van der Waals surface area contributed by atoms with Crippen molar-refractivity contribution in [1.82, 2.24) is 0 Å². The van der Waals surface area contributed by atoms with E-state index in [9.17, 15) is 26.3 Å². The zero-order chi connectivity index (χ0) is 34.1. The molecule has 0 amide bonds. The van der Waals surface area contributed by atoms with Crippen molar-refractivity contribution in [2.45, 2.75) is 30.9 Å². The van der Waals surface area contributed by atoms with E-state index in [0.717, 1.165) is 34.1 Å². The van der Waals surface area contributed by atoms with Crippen LogP contribution in [-0.4, -0.2) is 25.8 Å². The molecular formula is C31H18F12N2O2. The molecule has 0 aromatic heterocycles. The normalized spacial score (nSPS) is 15.1. The summed E-state index contributed by atoms with van der Waals surface area (Å²) in [6.45, 7) is -2.05. The molecular weight excluding hydrogens is 660 g/mol. The summed E-state index contributed by atoms with van der Waals surface area (Å²) < 4.78 is 184. The zero-order valence-electron chi connectivity index (χ0n) is 23.3. The Kier molecular flexibility index (Phi) is 7.67. The lowest BCUT2D eigenvalue weighted by atomic mass is 9.72. The second kappa shape index (κ2) is 11.2. The Bertz CT molecular complexity index is 1740. The monoisotopic (exact) mass is 678 g/mol. The summed E-state index contributed by atoms with van der Waals surface area (Å²) in [6.07, 6.45) is -12.1. The van der Waals surface area contributed by atoms with Gasteiger partial charge in [-0.05, 0) is 59.7 Å². The van der Waals surface area contributed by atoms with Crippen molar-refractivity contribution in [2.24, 2.45) is 0 Å². The first kappa shape index (κ1) is 32.2. The number of fused-ring (bicyclic) bond motifs is 2. The summed E-state index contributed by atoms with van der Waals surface area (Å²) in [5.41, 5.74) is -8.87. The predicted octanol–water partition coefficient (Wildman–Crippen LogP) is 8.64. The molecule has 0 aliphatic carbocycles. The minimum absolute atomic E-state index is 0.130. The molecule has 6 rings (SSSR count). The van der Waals surface area contributed by atoms with Gasteiger partial charge in [0.1, 0.15) is 11.5 Å². The van der Waals surface area contributed by atoms with E-state index in [1.165, 1.54) is 0 Å². The fourth-order valence-corrected chi connectivity index (χ4v) is 5.76. The molecule has 4 nitrogen and oxygen atoms in total. The van der Waals surface area contributed by atoms with Gasteiger partial charge in [0.2, 0.25) is 5.41 Å². The van der Waals surface area contributed by atoms with Gasteiger partial charge in [-0.25, -0.2) is 26.3 Å². The molecule has 2 heterocycles. The van der Waals surface area contributed by atoms with Crippen molar-refractivity contribution in [2.75, 3.05) is 23.3 Å². The second-order valence-electron chi connectivity index (χ2n) is 10.7. The molecule has 0 spiro atoms. The minimum atomic E-state index is -6.03. The Hall–Kier alpha value is -4.76. The molecule has 4 aromatic rings. The first-order chi connectivity index (χ1) is 22.0. The lowest BCUT2D eigenvalue weighted by Crippen LogP contribution is -2.55. The van der Waals surface area contributed by atoms with E-state index in [1.807, 2.05) is 0 Å². The lowest BCUT2D eigenvalue weighted by Gasteiger charge is -2.40. The van der Waals surface area contributed by atoms with E-state index in [4.69, 9.17) is 9.47 Å². The van der Waals surface area contributed by atoms with Crippen molar-refractivity contribution in [3.8, 4) is 11.5 Å². The summed E-state index contributed by atoms with van der Waals surface area (Å²) in [5, 5.41) is 0. The summed E-state index contributed by atoms with van der Waals surface area (Å²) in [4.78, 5) is 1.91. The van der Waals surface area contributed by atoms with Crippen LogP contribution in [0, 0.1) is 34.9 Å². The first-order valence-electron chi connectivity index (χ1n) is 13.5. The average molecular weight is 678 g/mol. The van der Waals surface area contributed by atoms with Crippen molar-refractivity contribution < 1.29 is 62.2 Å². The second-order valence-corrected chi connectivity index (χ2v) is 10.7. The van der Waals surface area contributed by atoms with Crippen LogP contribution in [0.3, 0.4) is 0 Å². The largest absolute Gasteiger partial charge is 0.473 e. The molecule has 0 unspecified atom stereocenters. The van der Waals surface area contributed by atoms with Crippen molar-refractivity contribution in [3.05, 3.63) is 118 Å². The molecule has 0 saturated carbocycles. The third-order valence-electron chi connectivity index (χ3n) is 8.02. The number of nitrogens with zero attached hydrogens (tertiary/aromatic N) is 2. The number of rotatable bonds is 4. The van der Waals surface area contributed by atoms with Crippen LogP contribution in [0.2, 0.25) is 0 Å². The molecule has 0 radical (unpaired) electrons. The summed E-state index contributed by atoms with van der Waals surface area (Å²) in [6, 6.07) is 6.95. The van der Waals surface area contributed by atoms with Crippen molar-refractivity contribution in [1.29, 1.82) is 0 Å². The molecule has 47 heavy (non-hydrogen) atoms. The van der Waals surface area contributed by atoms with Gasteiger partial charge in [0.25, 0.3) is 0 Å². The maximum atomic E-state index is 15.0. The third-order valence-corrected chi connectivity index (χ3v) is 8.02. The van der Waals surface area contributed by atoms with Gasteiger partial charge in [0.05, 0.1) is 11.4 Å². The highest BCUT2D eigenvalue weighted by molar-refractivity contribution is 5.57. The fourth-order valence-electron chi connectivity index (χ4n) is 5.76. The van der Waals surface area contributed by atoms with Crippen molar-refractivity contribution in [3.63, 3.8) is 0 Å². The highest BCUT2D eigenvalue weighted by atomic mass is 19.4. The summed E-state index contributed by atoms with van der Waals surface area (Å²) >= 11 is 0.